The molecule has 0 spiro atoms. The molecule has 1 heterocycles. The van der Waals surface area contributed by atoms with E-state index < -0.39 is 0 Å². The van der Waals surface area contributed by atoms with Gasteiger partial charge in [0.25, 0.3) is 0 Å². The maximum Gasteiger partial charge on any atom is 0.122 e. The summed E-state index contributed by atoms with van der Waals surface area (Å²) >= 11 is 0. The number of rotatable bonds is 6. The molecule has 0 aliphatic carbocycles. The number of hydrogen-bond acceptors (Lipinski definition) is 4. The summed E-state index contributed by atoms with van der Waals surface area (Å²) in [4.78, 5) is 6.39. The first kappa shape index (κ1) is 12.2. The van der Waals surface area contributed by atoms with E-state index in [1.54, 1.807) is 6.20 Å². The highest BCUT2D eigenvalue weighted by Crippen LogP contribution is 2.00. The first-order valence-electron chi connectivity index (χ1n) is 5.14. The van der Waals surface area contributed by atoms with Crippen molar-refractivity contribution in [3.8, 4) is 0 Å². The van der Waals surface area contributed by atoms with Gasteiger partial charge >= 0.3 is 0 Å². The van der Waals surface area contributed by atoms with Crippen LogP contribution >= 0.6 is 0 Å². The number of aliphatic hydroxyl groups is 1. The van der Waals surface area contributed by atoms with Gasteiger partial charge in [-0.2, -0.15) is 0 Å². The molecule has 3 N–H and O–H groups in total. The molecule has 1 rings (SSSR count). The van der Waals surface area contributed by atoms with Crippen LogP contribution in [-0.2, 0) is 13.6 Å². The van der Waals surface area contributed by atoms with Gasteiger partial charge in [-0.05, 0) is 20.0 Å². The van der Waals surface area contributed by atoms with E-state index in [1.165, 1.54) is 0 Å². The third-order valence-corrected chi connectivity index (χ3v) is 2.45. The van der Waals surface area contributed by atoms with E-state index >= 15 is 0 Å². The van der Waals surface area contributed by atoms with Gasteiger partial charge in [-0.25, -0.2) is 4.98 Å². The molecule has 0 saturated carbocycles. The number of hydrogen-bond donors (Lipinski definition) is 2. The third kappa shape index (κ3) is 3.99. The Kier molecular flexibility index (Phi) is 4.74. The molecule has 1 aromatic rings. The second-order valence-corrected chi connectivity index (χ2v) is 3.92. The summed E-state index contributed by atoms with van der Waals surface area (Å²) in [7, 11) is 4.01. The van der Waals surface area contributed by atoms with Crippen molar-refractivity contribution in [3.05, 3.63) is 18.2 Å². The van der Waals surface area contributed by atoms with E-state index in [9.17, 15) is 0 Å². The molecule has 0 aliphatic rings. The molecule has 0 amide bonds. The Morgan fingerprint density at radius 2 is 2.40 bits per heavy atom. The molecular weight excluding hydrogens is 192 g/mol. The lowest BCUT2D eigenvalue weighted by molar-refractivity contribution is 0.236. The predicted octanol–water partition coefficient (Wildman–Crippen LogP) is -0.438. The normalized spacial score (nSPS) is 13.4. The highest BCUT2D eigenvalue weighted by Gasteiger charge is 2.06. The van der Waals surface area contributed by atoms with Gasteiger partial charge in [0.15, 0.2) is 0 Å². The van der Waals surface area contributed by atoms with E-state index in [0.717, 1.165) is 25.3 Å². The van der Waals surface area contributed by atoms with Gasteiger partial charge in [0.2, 0.25) is 0 Å². The minimum absolute atomic E-state index is 0.0518. The number of nitrogens with two attached hydrogens (primary N) is 1. The quantitative estimate of drug-likeness (QED) is 0.671. The third-order valence-electron chi connectivity index (χ3n) is 2.45. The highest BCUT2D eigenvalue weighted by molar-refractivity contribution is 4.90. The topological polar surface area (TPSA) is 67.3 Å². The fraction of sp³-hybridized carbons (Fsp3) is 0.700. The first-order chi connectivity index (χ1) is 7.13. The van der Waals surface area contributed by atoms with Crippen LogP contribution in [0.25, 0.3) is 0 Å². The van der Waals surface area contributed by atoms with Crippen molar-refractivity contribution in [3.63, 3.8) is 0 Å². The average Bonchev–Trinajstić information content (AvgIpc) is 2.61. The van der Waals surface area contributed by atoms with Gasteiger partial charge in [0.1, 0.15) is 5.82 Å². The van der Waals surface area contributed by atoms with Crippen molar-refractivity contribution in [2.45, 2.75) is 19.0 Å². The number of aryl methyl sites for hydroxylation is 1. The number of imidazole rings is 1. The molecule has 1 aromatic heterocycles. The van der Waals surface area contributed by atoms with Gasteiger partial charge in [0.05, 0.1) is 13.2 Å². The lowest BCUT2D eigenvalue weighted by Crippen LogP contribution is -2.30. The van der Waals surface area contributed by atoms with E-state index in [-0.39, 0.29) is 12.6 Å². The van der Waals surface area contributed by atoms with Gasteiger partial charge in [-0.3, -0.25) is 4.90 Å². The smallest absolute Gasteiger partial charge is 0.122 e. The summed E-state index contributed by atoms with van der Waals surface area (Å²) < 4.78 is 2.00. The maximum atomic E-state index is 8.79. The Bertz CT molecular complexity index is 287. The molecule has 0 fully saturated rings. The molecule has 0 aliphatic heterocycles. The lowest BCUT2D eigenvalue weighted by Gasteiger charge is -2.18. The van der Waals surface area contributed by atoms with Gasteiger partial charge in [-0.1, -0.05) is 0 Å². The average molecular weight is 212 g/mol. The summed E-state index contributed by atoms with van der Waals surface area (Å²) in [5.74, 6) is 1.04. The molecule has 0 aromatic carbocycles. The van der Waals surface area contributed by atoms with Crippen molar-refractivity contribution in [2.75, 3.05) is 20.2 Å². The van der Waals surface area contributed by atoms with Crippen LogP contribution in [0.2, 0.25) is 0 Å². The largest absolute Gasteiger partial charge is 0.395 e. The monoisotopic (exact) mass is 212 g/mol. The van der Waals surface area contributed by atoms with Gasteiger partial charge in [-0.15, -0.1) is 0 Å². The van der Waals surface area contributed by atoms with Crippen LogP contribution < -0.4 is 5.73 Å². The number of nitrogens with zero attached hydrogens (tertiary/aromatic N) is 3. The van der Waals surface area contributed by atoms with Crippen molar-refractivity contribution < 1.29 is 5.11 Å². The first-order valence-corrected chi connectivity index (χ1v) is 5.14. The van der Waals surface area contributed by atoms with E-state index in [2.05, 4.69) is 9.88 Å². The Morgan fingerprint density at radius 1 is 1.67 bits per heavy atom. The summed E-state index contributed by atoms with van der Waals surface area (Å²) in [6.07, 6.45) is 4.53. The zero-order chi connectivity index (χ0) is 11.3. The zero-order valence-corrected chi connectivity index (χ0v) is 9.43. The minimum atomic E-state index is -0.117. The Hall–Kier alpha value is -0.910. The maximum absolute atomic E-state index is 8.79. The van der Waals surface area contributed by atoms with Crippen LogP contribution in [0.4, 0.5) is 0 Å². The highest BCUT2D eigenvalue weighted by atomic mass is 16.3. The number of aromatic nitrogens is 2. The van der Waals surface area contributed by atoms with Crippen molar-refractivity contribution in [2.24, 2.45) is 12.8 Å². The van der Waals surface area contributed by atoms with E-state index in [0.29, 0.717) is 0 Å². The Morgan fingerprint density at radius 3 is 2.93 bits per heavy atom. The molecular formula is C10H20N4O. The molecule has 1 atom stereocenters. The molecule has 5 nitrogen and oxygen atoms in total. The lowest BCUT2D eigenvalue weighted by atomic mass is 10.2. The van der Waals surface area contributed by atoms with Crippen LogP contribution in [0.5, 0.6) is 0 Å². The fourth-order valence-electron chi connectivity index (χ4n) is 1.35. The van der Waals surface area contributed by atoms with Crippen molar-refractivity contribution in [1.82, 2.24) is 14.5 Å². The standard InChI is InChI=1S/C10H20N4O/c1-13(5-3-9(11)8-15)7-10-12-4-6-14(10)2/h4,6,9,15H,3,5,7-8,11H2,1-2H3. The summed E-state index contributed by atoms with van der Waals surface area (Å²) in [6, 6.07) is -0.117. The van der Waals surface area contributed by atoms with Crippen molar-refractivity contribution in [1.29, 1.82) is 0 Å². The van der Waals surface area contributed by atoms with E-state index in [4.69, 9.17) is 10.8 Å². The summed E-state index contributed by atoms with van der Waals surface area (Å²) in [6.45, 7) is 1.73. The predicted molar refractivity (Wildman–Crippen MR) is 59.2 cm³/mol. The SMILES string of the molecule is CN(CCC(N)CO)Cc1nccn1C. The zero-order valence-electron chi connectivity index (χ0n) is 9.43. The molecule has 5 heteroatoms. The van der Waals surface area contributed by atoms with Gasteiger partial charge in [0, 0.05) is 25.5 Å². The second-order valence-electron chi connectivity index (χ2n) is 3.92. The van der Waals surface area contributed by atoms with Crippen molar-refractivity contribution >= 4 is 0 Å². The summed E-state index contributed by atoms with van der Waals surface area (Å²) in [5.41, 5.74) is 5.63. The molecule has 0 radical (unpaired) electrons. The van der Waals surface area contributed by atoms with Crippen LogP contribution in [0.3, 0.4) is 0 Å². The van der Waals surface area contributed by atoms with Crippen LogP contribution in [0.1, 0.15) is 12.2 Å². The molecule has 1 unspecified atom stereocenters. The second kappa shape index (κ2) is 5.85. The molecule has 0 bridgehead atoms. The molecule has 15 heavy (non-hydrogen) atoms. The van der Waals surface area contributed by atoms with Gasteiger partial charge < -0.3 is 15.4 Å². The molecule has 86 valence electrons. The Labute approximate surface area is 90.5 Å². The minimum Gasteiger partial charge on any atom is -0.395 e. The van der Waals surface area contributed by atoms with Crippen LogP contribution in [0, 0.1) is 0 Å². The van der Waals surface area contributed by atoms with Crippen LogP contribution in [-0.4, -0.2) is 45.8 Å². The van der Waals surface area contributed by atoms with Crippen LogP contribution in [0.15, 0.2) is 12.4 Å². The fourth-order valence-corrected chi connectivity index (χ4v) is 1.35. The Balaban J connectivity index is 2.30. The summed E-state index contributed by atoms with van der Waals surface area (Å²) in [5, 5.41) is 8.79. The number of aliphatic hydroxyl groups excluding tert-OH is 1. The molecule has 0 saturated heterocycles. The van der Waals surface area contributed by atoms with E-state index in [1.807, 2.05) is 24.9 Å².